The Morgan fingerprint density at radius 1 is 0.633 bits per heavy atom. The molecule has 0 atom stereocenters. The number of rotatable bonds is 2. The van der Waals surface area contributed by atoms with Crippen molar-refractivity contribution in [1.82, 2.24) is 0 Å². The first-order valence-electron chi connectivity index (χ1n) is 9.43. The number of phenolic OH excluding ortho intramolecular Hbond substituents is 1. The van der Waals surface area contributed by atoms with Crippen LogP contribution < -0.4 is 5.43 Å². The third-order valence-corrected chi connectivity index (χ3v) is 4.67. The number of ketones is 1. The average Bonchev–Trinajstić information content (AvgIpc) is 2.80. The van der Waals surface area contributed by atoms with Gasteiger partial charge in [0.1, 0.15) is 16.9 Å². The van der Waals surface area contributed by atoms with Gasteiger partial charge in [0, 0.05) is 5.56 Å². The van der Waals surface area contributed by atoms with Crippen LogP contribution >= 0.6 is 0 Å². The summed E-state index contributed by atoms with van der Waals surface area (Å²) in [6, 6.07) is 30.1. The Labute approximate surface area is 172 Å². The maximum Gasteiger partial charge on any atom is 0.200 e. The fourth-order valence-electron chi connectivity index (χ4n) is 3.16. The van der Waals surface area contributed by atoms with Crippen molar-refractivity contribution in [1.29, 1.82) is 0 Å². The molecule has 0 fully saturated rings. The summed E-state index contributed by atoms with van der Waals surface area (Å²) in [4.78, 5) is 23.9. The van der Waals surface area contributed by atoms with Crippen molar-refractivity contribution in [2.45, 2.75) is 0 Å². The second kappa shape index (κ2) is 8.45. The highest BCUT2D eigenvalue weighted by Gasteiger charge is 2.11. The first kappa shape index (κ1) is 19.2. The summed E-state index contributed by atoms with van der Waals surface area (Å²) in [5.41, 5.74) is 2.23. The predicted molar refractivity (Wildman–Crippen MR) is 118 cm³/mol. The van der Waals surface area contributed by atoms with Crippen LogP contribution in [0.5, 0.6) is 5.75 Å². The van der Waals surface area contributed by atoms with Gasteiger partial charge in [-0.15, -0.1) is 0 Å². The molecule has 30 heavy (non-hydrogen) atoms. The third-order valence-electron chi connectivity index (χ3n) is 4.67. The van der Waals surface area contributed by atoms with Crippen LogP contribution in [0.1, 0.15) is 15.9 Å². The molecule has 0 radical (unpaired) electrons. The lowest BCUT2D eigenvalue weighted by Crippen LogP contribution is -2.01. The first-order chi connectivity index (χ1) is 14.6. The minimum atomic E-state index is -0.159. The molecule has 1 heterocycles. The molecule has 0 amide bonds. The van der Waals surface area contributed by atoms with Gasteiger partial charge >= 0.3 is 0 Å². The number of benzene rings is 4. The Kier molecular flexibility index (Phi) is 5.39. The van der Waals surface area contributed by atoms with Gasteiger partial charge in [0.05, 0.1) is 16.3 Å². The SMILES string of the molecule is O=C(c1ccccc1)c1ccccc1O.O=c1c2ccccc2oc2ccccc12. The van der Waals surface area contributed by atoms with E-state index in [-0.39, 0.29) is 17.0 Å². The van der Waals surface area contributed by atoms with Gasteiger partial charge in [0.2, 0.25) is 5.43 Å². The fourth-order valence-corrected chi connectivity index (χ4v) is 3.16. The first-order valence-corrected chi connectivity index (χ1v) is 9.43. The van der Waals surface area contributed by atoms with E-state index in [1.165, 1.54) is 6.07 Å². The van der Waals surface area contributed by atoms with Gasteiger partial charge in [-0.25, -0.2) is 0 Å². The van der Waals surface area contributed by atoms with Gasteiger partial charge in [0.15, 0.2) is 5.78 Å². The minimum Gasteiger partial charge on any atom is -0.507 e. The highest BCUT2D eigenvalue weighted by molar-refractivity contribution is 6.10. The molecule has 0 bridgehead atoms. The molecule has 1 N–H and O–H groups in total. The predicted octanol–water partition coefficient (Wildman–Crippen LogP) is 5.57. The maximum absolute atomic E-state index is 12.0. The molecule has 4 heteroatoms. The van der Waals surface area contributed by atoms with Gasteiger partial charge < -0.3 is 9.52 Å². The van der Waals surface area contributed by atoms with Crippen molar-refractivity contribution in [3.8, 4) is 5.75 Å². The van der Waals surface area contributed by atoms with E-state index in [0.29, 0.717) is 33.1 Å². The highest BCUT2D eigenvalue weighted by Crippen LogP contribution is 2.19. The molecule has 0 aliphatic rings. The van der Waals surface area contributed by atoms with E-state index in [2.05, 4.69) is 0 Å². The second-order valence-corrected chi connectivity index (χ2v) is 6.64. The largest absolute Gasteiger partial charge is 0.507 e. The molecule has 0 aliphatic heterocycles. The van der Waals surface area contributed by atoms with Gasteiger partial charge in [0.25, 0.3) is 0 Å². The number of fused-ring (bicyclic) bond motifs is 2. The van der Waals surface area contributed by atoms with Crippen LogP contribution in [0, 0.1) is 0 Å². The summed E-state index contributed by atoms with van der Waals surface area (Å²) in [5, 5.41) is 10.8. The molecule has 5 aromatic rings. The van der Waals surface area contributed by atoms with E-state index in [4.69, 9.17) is 4.42 Å². The van der Waals surface area contributed by atoms with E-state index < -0.39 is 0 Å². The van der Waals surface area contributed by atoms with Crippen LogP contribution in [-0.4, -0.2) is 10.9 Å². The van der Waals surface area contributed by atoms with E-state index in [0.717, 1.165) is 0 Å². The normalized spacial score (nSPS) is 10.4. The number of para-hydroxylation sites is 3. The van der Waals surface area contributed by atoms with Crippen LogP contribution in [0.15, 0.2) is 112 Å². The molecular formula is C26H18O4. The molecule has 0 unspecified atom stereocenters. The van der Waals surface area contributed by atoms with Gasteiger partial charge in [-0.05, 0) is 36.4 Å². The molecule has 0 spiro atoms. The summed E-state index contributed by atoms with van der Waals surface area (Å²) in [7, 11) is 0. The maximum atomic E-state index is 12.0. The zero-order valence-corrected chi connectivity index (χ0v) is 16.0. The molecular weight excluding hydrogens is 376 g/mol. The lowest BCUT2D eigenvalue weighted by Gasteiger charge is -2.02. The highest BCUT2D eigenvalue weighted by atomic mass is 16.3. The minimum absolute atomic E-state index is 0.0198. The Balaban J connectivity index is 0.000000145. The number of carbonyl (C=O) groups excluding carboxylic acids is 1. The van der Waals surface area contributed by atoms with Crippen LogP contribution in [0.2, 0.25) is 0 Å². The lowest BCUT2D eigenvalue weighted by atomic mass is 10.0. The Morgan fingerprint density at radius 3 is 1.73 bits per heavy atom. The molecule has 5 rings (SSSR count). The Bertz CT molecular complexity index is 1330. The number of hydrogen-bond donors (Lipinski definition) is 1. The Morgan fingerprint density at radius 2 is 1.13 bits per heavy atom. The zero-order valence-electron chi connectivity index (χ0n) is 16.0. The lowest BCUT2D eigenvalue weighted by molar-refractivity contribution is 0.103. The standard InChI is InChI=1S/C13H8O2.C13H10O2/c14-13-9-5-1-3-7-11(9)15-12-8-4-2-6-10(12)13;14-12-9-5-4-8-11(12)13(15)10-6-2-1-3-7-10/h1-8H;1-9,14H. The zero-order chi connectivity index (χ0) is 20.9. The van der Waals surface area contributed by atoms with E-state index in [1.54, 1.807) is 54.6 Å². The van der Waals surface area contributed by atoms with Crippen LogP contribution in [0.4, 0.5) is 0 Å². The van der Waals surface area contributed by atoms with Crippen LogP contribution in [-0.2, 0) is 0 Å². The molecule has 4 aromatic carbocycles. The summed E-state index contributed by atoms with van der Waals surface area (Å²) in [5.74, 6) is -0.139. The second-order valence-electron chi connectivity index (χ2n) is 6.64. The average molecular weight is 394 g/mol. The number of hydrogen-bond acceptors (Lipinski definition) is 4. The number of aromatic hydroxyl groups is 1. The molecule has 146 valence electrons. The van der Waals surface area contributed by atoms with Gasteiger partial charge in [-0.2, -0.15) is 0 Å². The van der Waals surface area contributed by atoms with Gasteiger partial charge in [-0.3, -0.25) is 9.59 Å². The summed E-state index contributed by atoms with van der Waals surface area (Å²) in [6.07, 6.45) is 0. The molecule has 0 saturated heterocycles. The Hall–Kier alpha value is -4.18. The topological polar surface area (TPSA) is 67.5 Å². The van der Waals surface area contributed by atoms with Crippen molar-refractivity contribution in [3.05, 3.63) is 124 Å². The quantitative estimate of drug-likeness (QED) is 0.314. The third kappa shape index (κ3) is 3.84. The number of phenols is 1. The van der Waals surface area contributed by atoms with E-state index in [1.807, 2.05) is 42.5 Å². The van der Waals surface area contributed by atoms with Crippen molar-refractivity contribution in [2.24, 2.45) is 0 Å². The molecule has 1 aromatic heterocycles. The van der Waals surface area contributed by atoms with Crippen molar-refractivity contribution in [2.75, 3.05) is 0 Å². The molecule has 0 saturated carbocycles. The summed E-state index contributed by atoms with van der Waals surface area (Å²) in [6.45, 7) is 0. The van der Waals surface area contributed by atoms with Crippen LogP contribution in [0.25, 0.3) is 21.9 Å². The fraction of sp³-hybridized carbons (Fsp3) is 0. The van der Waals surface area contributed by atoms with E-state index >= 15 is 0 Å². The van der Waals surface area contributed by atoms with Gasteiger partial charge in [-0.1, -0.05) is 66.7 Å². The number of carbonyl (C=O) groups is 1. The van der Waals surface area contributed by atoms with E-state index in [9.17, 15) is 14.7 Å². The van der Waals surface area contributed by atoms with Crippen molar-refractivity contribution >= 4 is 27.7 Å². The van der Waals surface area contributed by atoms with Crippen molar-refractivity contribution in [3.63, 3.8) is 0 Å². The summed E-state index contributed by atoms with van der Waals surface area (Å²) < 4.78 is 5.63. The van der Waals surface area contributed by atoms with Crippen molar-refractivity contribution < 1.29 is 14.3 Å². The smallest absolute Gasteiger partial charge is 0.200 e. The molecule has 0 aliphatic carbocycles. The summed E-state index contributed by atoms with van der Waals surface area (Å²) >= 11 is 0. The monoisotopic (exact) mass is 394 g/mol. The van der Waals surface area contributed by atoms with Crippen LogP contribution in [0.3, 0.4) is 0 Å². The molecule has 4 nitrogen and oxygen atoms in total.